The molecule has 2 aliphatic rings. The molecular formula is C26H33N5O. The third kappa shape index (κ3) is 4.24. The zero-order valence-electron chi connectivity index (χ0n) is 19.0. The van der Waals surface area contributed by atoms with E-state index in [0.717, 1.165) is 76.5 Å². The quantitative estimate of drug-likeness (QED) is 0.619. The number of aryl methyl sites for hydroxylation is 1. The molecule has 0 spiro atoms. The van der Waals surface area contributed by atoms with Gasteiger partial charge in [-0.3, -0.25) is 9.69 Å². The van der Waals surface area contributed by atoms with Crippen molar-refractivity contribution in [1.29, 1.82) is 0 Å². The molecule has 2 aliphatic heterocycles. The molecule has 1 amide bonds. The van der Waals surface area contributed by atoms with Gasteiger partial charge in [-0.25, -0.2) is 4.98 Å². The van der Waals surface area contributed by atoms with E-state index in [1.54, 1.807) is 0 Å². The van der Waals surface area contributed by atoms with E-state index in [-0.39, 0.29) is 5.92 Å². The first kappa shape index (κ1) is 21.0. The summed E-state index contributed by atoms with van der Waals surface area (Å²) >= 11 is 0. The molecule has 0 saturated carbocycles. The molecule has 168 valence electrons. The highest BCUT2D eigenvalue weighted by molar-refractivity contribution is 5.79. The van der Waals surface area contributed by atoms with Crippen LogP contribution in [0.25, 0.3) is 11.0 Å². The van der Waals surface area contributed by atoms with Gasteiger partial charge in [0.1, 0.15) is 5.82 Å². The SMILES string of the molecule is CCn1c(CN2CCC[C@H](C(=O)N3CCN(c4ccccc4)CC3)C2)nc2ccccc21. The van der Waals surface area contributed by atoms with Crippen LogP contribution < -0.4 is 4.90 Å². The predicted molar refractivity (Wildman–Crippen MR) is 129 cm³/mol. The lowest BCUT2D eigenvalue weighted by molar-refractivity contribution is -0.137. The molecule has 32 heavy (non-hydrogen) atoms. The molecule has 5 rings (SSSR count). The molecule has 0 aliphatic carbocycles. The molecule has 0 N–H and O–H groups in total. The van der Waals surface area contributed by atoms with Crippen molar-refractivity contribution in [2.45, 2.75) is 32.9 Å². The summed E-state index contributed by atoms with van der Waals surface area (Å²) in [7, 11) is 0. The number of piperazine rings is 1. The summed E-state index contributed by atoms with van der Waals surface area (Å²) in [6.45, 7) is 9.23. The first-order valence-electron chi connectivity index (χ1n) is 12.0. The Kier molecular flexibility index (Phi) is 6.12. The highest BCUT2D eigenvalue weighted by atomic mass is 16.2. The average molecular weight is 432 g/mol. The maximum atomic E-state index is 13.3. The van der Waals surface area contributed by atoms with Crippen molar-refractivity contribution < 1.29 is 4.79 Å². The Hall–Kier alpha value is -2.86. The molecule has 0 radical (unpaired) electrons. The smallest absolute Gasteiger partial charge is 0.227 e. The number of hydrogen-bond donors (Lipinski definition) is 0. The third-order valence-electron chi connectivity index (χ3n) is 6.98. The van der Waals surface area contributed by atoms with E-state index >= 15 is 0 Å². The Morgan fingerprint density at radius 1 is 0.969 bits per heavy atom. The molecule has 2 saturated heterocycles. The summed E-state index contributed by atoms with van der Waals surface area (Å²) in [5, 5.41) is 0. The largest absolute Gasteiger partial charge is 0.368 e. The number of aromatic nitrogens is 2. The molecule has 0 bridgehead atoms. The first-order valence-corrected chi connectivity index (χ1v) is 12.0. The number of anilines is 1. The highest BCUT2D eigenvalue weighted by Crippen LogP contribution is 2.24. The van der Waals surface area contributed by atoms with Gasteiger partial charge in [0.15, 0.2) is 0 Å². The second kappa shape index (κ2) is 9.33. The van der Waals surface area contributed by atoms with E-state index in [1.807, 2.05) is 12.1 Å². The topological polar surface area (TPSA) is 44.6 Å². The summed E-state index contributed by atoms with van der Waals surface area (Å²) in [5.74, 6) is 1.55. The predicted octanol–water partition coefficient (Wildman–Crippen LogP) is 3.62. The number of rotatable bonds is 5. The monoisotopic (exact) mass is 431 g/mol. The Morgan fingerprint density at radius 2 is 1.72 bits per heavy atom. The Balaban J connectivity index is 1.20. The van der Waals surface area contributed by atoms with Gasteiger partial charge in [-0.05, 0) is 50.6 Å². The van der Waals surface area contributed by atoms with Crippen LogP contribution >= 0.6 is 0 Å². The number of para-hydroxylation sites is 3. The van der Waals surface area contributed by atoms with Crippen molar-refractivity contribution in [1.82, 2.24) is 19.4 Å². The minimum absolute atomic E-state index is 0.103. The van der Waals surface area contributed by atoms with Crippen LogP contribution in [0.15, 0.2) is 54.6 Å². The minimum Gasteiger partial charge on any atom is -0.368 e. The summed E-state index contributed by atoms with van der Waals surface area (Å²) in [5.41, 5.74) is 3.51. The fourth-order valence-electron chi connectivity index (χ4n) is 5.28. The molecule has 1 atom stereocenters. The Morgan fingerprint density at radius 3 is 2.50 bits per heavy atom. The van der Waals surface area contributed by atoms with Crippen LogP contribution in [-0.2, 0) is 17.9 Å². The number of benzene rings is 2. The molecule has 1 aromatic heterocycles. The van der Waals surface area contributed by atoms with Gasteiger partial charge in [-0.2, -0.15) is 0 Å². The van der Waals surface area contributed by atoms with Gasteiger partial charge < -0.3 is 14.4 Å². The van der Waals surface area contributed by atoms with Gasteiger partial charge in [0.05, 0.1) is 23.5 Å². The zero-order chi connectivity index (χ0) is 21.9. The van der Waals surface area contributed by atoms with Crippen molar-refractivity contribution in [3.8, 4) is 0 Å². The highest BCUT2D eigenvalue weighted by Gasteiger charge is 2.31. The molecule has 6 heteroatoms. The molecular weight excluding hydrogens is 398 g/mol. The number of hydrogen-bond acceptors (Lipinski definition) is 4. The van der Waals surface area contributed by atoms with Crippen molar-refractivity contribution in [2.24, 2.45) is 5.92 Å². The number of imidazole rings is 1. The fourth-order valence-corrected chi connectivity index (χ4v) is 5.28. The first-order chi connectivity index (χ1) is 15.7. The lowest BCUT2D eigenvalue weighted by Gasteiger charge is -2.39. The summed E-state index contributed by atoms with van der Waals surface area (Å²) < 4.78 is 2.31. The van der Waals surface area contributed by atoms with Crippen LogP contribution in [0, 0.1) is 5.92 Å². The number of carbonyl (C=O) groups is 1. The minimum atomic E-state index is 0.103. The van der Waals surface area contributed by atoms with Gasteiger partial charge in [0, 0.05) is 45.0 Å². The van der Waals surface area contributed by atoms with Crippen molar-refractivity contribution in [3.05, 3.63) is 60.4 Å². The van der Waals surface area contributed by atoms with Crippen LogP contribution in [0.4, 0.5) is 5.69 Å². The second-order valence-corrected chi connectivity index (χ2v) is 8.98. The van der Waals surface area contributed by atoms with E-state index in [4.69, 9.17) is 4.98 Å². The molecule has 6 nitrogen and oxygen atoms in total. The summed E-state index contributed by atoms with van der Waals surface area (Å²) in [4.78, 5) is 25.1. The number of amides is 1. The average Bonchev–Trinajstić information content (AvgIpc) is 3.21. The van der Waals surface area contributed by atoms with E-state index in [9.17, 15) is 4.79 Å². The molecule has 0 unspecified atom stereocenters. The Bertz CT molecular complexity index is 1050. The van der Waals surface area contributed by atoms with Gasteiger partial charge in [-0.15, -0.1) is 0 Å². The molecule has 3 aromatic rings. The molecule has 2 fully saturated rings. The summed E-state index contributed by atoms with van der Waals surface area (Å²) in [6.07, 6.45) is 2.07. The number of nitrogens with zero attached hydrogens (tertiary/aromatic N) is 5. The standard InChI is InChI=1S/C26H33N5O/c1-2-31-24-13-7-6-12-23(24)27-25(31)20-28-14-8-9-21(19-28)26(32)30-17-15-29(16-18-30)22-10-4-3-5-11-22/h3-7,10-13,21H,2,8-9,14-20H2,1H3/t21-/m0/s1. The Labute approximate surface area is 190 Å². The van der Waals surface area contributed by atoms with Gasteiger partial charge in [-0.1, -0.05) is 30.3 Å². The normalized spacial score (nSPS) is 20.1. The van der Waals surface area contributed by atoms with E-state index in [2.05, 4.69) is 68.7 Å². The van der Waals surface area contributed by atoms with Crippen molar-refractivity contribution in [3.63, 3.8) is 0 Å². The van der Waals surface area contributed by atoms with Crippen LogP contribution in [0.3, 0.4) is 0 Å². The van der Waals surface area contributed by atoms with E-state index in [1.165, 1.54) is 11.2 Å². The van der Waals surface area contributed by atoms with Crippen molar-refractivity contribution >= 4 is 22.6 Å². The lowest BCUT2D eigenvalue weighted by atomic mass is 9.96. The maximum absolute atomic E-state index is 13.3. The maximum Gasteiger partial charge on any atom is 0.227 e. The number of fused-ring (bicyclic) bond motifs is 1. The number of carbonyl (C=O) groups excluding carboxylic acids is 1. The molecule has 2 aromatic carbocycles. The van der Waals surface area contributed by atoms with E-state index < -0.39 is 0 Å². The van der Waals surface area contributed by atoms with Crippen LogP contribution in [-0.4, -0.2) is 64.5 Å². The third-order valence-corrected chi connectivity index (χ3v) is 6.98. The van der Waals surface area contributed by atoms with Crippen LogP contribution in [0.5, 0.6) is 0 Å². The summed E-state index contributed by atoms with van der Waals surface area (Å²) in [6, 6.07) is 18.9. The fraction of sp³-hybridized carbons (Fsp3) is 0.462. The van der Waals surface area contributed by atoms with E-state index in [0.29, 0.717) is 5.91 Å². The number of likely N-dealkylation sites (tertiary alicyclic amines) is 1. The number of piperidine rings is 1. The second-order valence-electron chi connectivity index (χ2n) is 8.98. The zero-order valence-corrected chi connectivity index (χ0v) is 19.0. The van der Waals surface area contributed by atoms with Crippen LogP contribution in [0.1, 0.15) is 25.6 Å². The van der Waals surface area contributed by atoms with Crippen molar-refractivity contribution in [2.75, 3.05) is 44.2 Å². The van der Waals surface area contributed by atoms with Crippen LogP contribution in [0.2, 0.25) is 0 Å². The molecule has 3 heterocycles. The van der Waals surface area contributed by atoms with Gasteiger partial charge >= 0.3 is 0 Å². The van der Waals surface area contributed by atoms with Gasteiger partial charge in [0.25, 0.3) is 0 Å². The lowest BCUT2D eigenvalue weighted by Crippen LogP contribution is -2.52. The van der Waals surface area contributed by atoms with Gasteiger partial charge in [0.2, 0.25) is 5.91 Å².